The van der Waals surface area contributed by atoms with Crippen molar-refractivity contribution in [1.29, 1.82) is 0 Å². The van der Waals surface area contributed by atoms with E-state index in [1.54, 1.807) is 0 Å². The third-order valence-electron chi connectivity index (χ3n) is 4.94. The van der Waals surface area contributed by atoms with Crippen LogP contribution in [0.3, 0.4) is 0 Å². The molecule has 3 amide bonds. The van der Waals surface area contributed by atoms with Gasteiger partial charge in [-0.1, -0.05) is 12.2 Å². The molecule has 2 fully saturated rings. The summed E-state index contributed by atoms with van der Waals surface area (Å²) < 4.78 is 5.45. The number of nitrogens with one attached hydrogen (secondary N) is 1. The number of fused-ring (bicyclic) bond motifs is 1. The Morgan fingerprint density at radius 2 is 1.91 bits per heavy atom. The molecule has 2 aliphatic heterocycles. The molecule has 3 rings (SSSR count). The first-order valence-corrected chi connectivity index (χ1v) is 8.55. The van der Waals surface area contributed by atoms with Gasteiger partial charge in [0.25, 0.3) is 0 Å². The van der Waals surface area contributed by atoms with Crippen LogP contribution in [0.1, 0.15) is 38.5 Å². The molecule has 2 heterocycles. The van der Waals surface area contributed by atoms with Crippen LogP contribution in [-0.4, -0.2) is 48.4 Å². The first-order valence-electron chi connectivity index (χ1n) is 8.55. The number of carbonyl (C=O) groups is 3. The quantitative estimate of drug-likeness (QED) is 0.585. The van der Waals surface area contributed by atoms with E-state index in [4.69, 9.17) is 4.74 Å². The molecule has 0 aromatic heterocycles. The highest BCUT2D eigenvalue weighted by atomic mass is 16.5. The zero-order valence-corrected chi connectivity index (χ0v) is 13.3. The number of allylic oxidation sites excluding steroid dienone is 2. The third kappa shape index (κ3) is 3.63. The lowest BCUT2D eigenvalue weighted by Crippen LogP contribution is -2.34. The van der Waals surface area contributed by atoms with Crippen molar-refractivity contribution in [3.05, 3.63) is 12.2 Å². The van der Waals surface area contributed by atoms with E-state index in [9.17, 15) is 14.4 Å². The van der Waals surface area contributed by atoms with E-state index < -0.39 is 0 Å². The summed E-state index contributed by atoms with van der Waals surface area (Å²) in [6, 6.07) is 0. The van der Waals surface area contributed by atoms with Gasteiger partial charge in [-0.05, 0) is 32.1 Å². The van der Waals surface area contributed by atoms with Crippen molar-refractivity contribution >= 4 is 17.7 Å². The molecule has 0 aromatic rings. The zero-order valence-electron chi connectivity index (χ0n) is 13.3. The SMILES string of the molecule is O=C(CCCN1C(=O)[C@H]2CC=CC[C@H]2C1=O)NC[C@@H]1CCCO1. The molecule has 3 aliphatic rings. The average molecular weight is 320 g/mol. The Balaban J connectivity index is 1.39. The summed E-state index contributed by atoms with van der Waals surface area (Å²) in [6.07, 6.45) is 8.31. The normalized spacial score (nSPS) is 29.9. The van der Waals surface area contributed by atoms with Crippen molar-refractivity contribution in [3.8, 4) is 0 Å². The maximum Gasteiger partial charge on any atom is 0.233 e. The molecule has 23 heavy (non-hydrogen) atoms. The molecule has 0 unspecified atom stereocenters. The maximum absolute atomic E-state index is 12.3. The van der Waals surface area contributed by atoms with Crippen LogP contribution in [0.2, 0.25) is 0 Å². The third-order valence-corrected chi connectivity index (χ3v) is 4.94. The van der Waals surface area contributed by atoms with Crippen molar-refractivity contribution in [2.45, 2.75) is 44.6 Å². The Hall–Kier alpha value is -1.69. The van der Waals surface area contributed by atoms with Gasteiger partial charge in [-0.2, -0.15) is 0 Å². The number of imide groups is 1. The van der Waals surface area contributed by atoms with Crippen LogP contribution in [0.15, 0.2) is 12.2 Å². The summed E-state index contributed by atoms with van der Waals surface area (Å²) in [5.41, 5.74) is 0. The van der Waals surface area contributed by atoms with Gasteiger partial charge in [0.1, 0.15) is 0 Å². The Morgan fingerprint density at radius 1 is 1.22 bits per heavy atom. The zero-order chi connectivity index (χ0) is 16.2. The summed E-state index contributed by atoms with van der Waals surface area (Å²) in [7, 11) is 0. The number of hydrogen-bond acceptors (Lipinski definition) is 4. The number of amides is 3. The molecular weight excluding hydrogens is 296 g/mol. The minimum Gasteiger partial charge on any atom is -0.376 e. The van der Waals surface area contributed by atoms with Crippen molar-refractivity contribution < 1.29 is 19.1 Å². The molecule has 0 saturated carbocycles. The summed E-state index contributed by atoms with van der Waals surface area (Å²) in [4.78, 5) is 37.7. The van der Waals surface area contributed by atoms with Crippen molar-refractivity contribution in [2.24, 2.45) is 11.8 Å². The lowest BCUT2D eigenvalue weighted by atomic mass is 9.85. The van der Waals surface area contributed by atoms with Crippen LogP contribution in [0, 0.1) is 11.8 Å². The highest BCUT2D eigenvalue weighted by Crippen LogP contribution is 2.35. The molecule has 3 atom stereocenters. The van der Waals surface area contributed by atoms with E-state index in [-0.39, 0.29) is 35.7 Å². The monoisotopic (exact) mass is 320 g/mol. The minimum atomic E-state index is -0.180. The van der Waals surface area contributed by atoms with Crippen LogP contribution in [0.5, 0.6) is 0 Å². The Bertz CT molecular complexity index is 485. The maximum atomic E-state index is 12.3. The summed E-state index contributed by atoms with van der Waals surface area (Å²) in [5, 5.41) is 2.86. The van der Waals surface area contributed by atoms with Crippen molar-refractivity contribution in [1.82, 2.24) is 10.2 Å². The second-order valence-corrected chi connectivity index (χ2v) is 6.53. The second-order valence-electron chi connectivity index (χ2n) is 6.53. The van der Waals surface area contributed by atoms with E-state index in [1.165, 1.54) is 4.90 Å². The number of ether oxygens (including phenoxy) is 1. The summed E-state index contributed by atoms with van der Waals surface area (Å²) >= 11 is 0. The Labute approximate surface area is 136 Å². The van der Waals surface area contributed by atoms with Gasteiger partial charge in [0.2, 0.25) is 17.7 Å². The number of nitrogens with zero attached hydrogens (tertiary/aromatic N) is 1. The predicted octanol–water partition coefficient (Wildman–Crippen LogP) is 1.01. The van der Waals surface area contributed by atoms with E-state index in [0.717, 1.165) is 19.4 Å². The topological polar surface area (TPSA) is 75.7 Å². The predicted molar refractivity (Wildman–Crippen MR) is 83.3 cm³/mol. The van der Waals surface area contributed by atoms with Crippen LogP contribution >= 0.6 is 0 Å². The summed E-state index contributed by atoms with van der Waals surface area (Å²) in [5.74, 6) is -0.534. The van der Waals surface area contributed by atoms with Crippen molar-refractivity contribution in [2.75, 3.05) is 19.7 Å². The highest BCUT2D eigenvalue weighted by molar-refractivity contribution is 6.05. The van der Waals surface area contributed by atoms with Crippen LogP contribution < -0.4 is 5.32 Å². The molecule has 6 nitrogen and oxygen atoms in total. The van der Waals surface area contributed by atoms with Gasteiger partial charge < -0.3 is 10.1 Å². The average Bonchev–Trinajstić information content (AvgIpc) is 3.16. The molecule has 0 bridgehead atoms. The Kier molecular flexibility index (Phi) is 5.10. The Morgan fingerprint density at radius 3 is 2.52 bits per heavy atom. The van der Waals surface area contributed by atoms with Gasteiger partial charge in [-0.15, -0.1) is 0 Å². The molecule has 6 heteroatoms. The number of hydrogen-bond donors (Lipinski definition) is 1. The lowest BCUT2D eigenvalue weighted by Gasteiger charge is -2.15. The van der Waals surface area contributed by atoms with Gasteiger partial charge in [0, 0.05) is 26.1 Å². The fourth-order valence-corrected chi connectivity index (χ4v) is 3.61. The first-order chi connectivity index (χ1) is 11.2. The number of carbonyl (C=O) groups excluding carboxylic acids is 3. The largest absolute Gasteiger partial charge is 0.376 e. The molecular formula is C17H24N2O4. The smallest absolute Gasteiger partial charge is 0.233 e. The van der Waals surface area contributed by atoms with Crippen LogP contribution in [0.25, 0.3) is 0 Å². The van der Waals surface area contributed by atoms with E-state index in [1.807, 2.05) is 12.2 Å². The number of rotatable bonds is 6. The molecule has 1 aliphatic carbocycles. The van der Waals surface area contributed by atoms with Crippen LogP contribution in [-0.2, 0) is 19.1 Å². The molecule has 0 spiro atoms. The minimum absolute atomic E-state index is 0.0429. The first kappa shape index (κ1) is 16.2. The fraction of sp³-hybridized carbons (Fsp3) is 0.706. The standard InChI is InChI=1S/C17H24N2O4/c20-15(18-11-12-5-4-10-23-12)8-3-9-19-16(21)13-6-1-2-7-14(13)17(19)22/h1-2,12-14H,3-11H2,(H,18,20)/t12-,13-,14+/m0/s1. The molecule has 0 aromatic carbocycles. The van der Waals surface area contributed by atoms with Gasteiger partial charge in [0.15, 0.2) is 0 Å². The molecule has 0 radical (unpaired) electrons. The summed E-state index contributed by atoms with van der Waals surface area (Å²) in [6.45, 7) is 1.67. The van der Waals surface area contributed by atoms with Gasteiger partial charge in [0.05, 0.1) is 17.9 Å². The lowest BCUT2D eigenvalue weighted by molar-refractivity contribution is -0.140. The molecule has 126 valence electrons. The van der Waals surface area contributed by atoms with Gasteiger partial charge in [-0.25, -0.2) is 0 Å². The fourth-order valence-electron chi connectivity index (χ4n) is 3.61. The highest BCUT2D eigenvalue weighted by Gasteiger charge is 2.46. The van der Waals surface area contributed by atoms with Gasteiger partial charge >= 0.3 is 0 Å². The molecule has 1 N–H and O–H groups in total. The van der Waals surface area contributed by atoms with E-state index in [0.29, 0.717) is 38.8 Å². The van der Waals surface area contributed by atoms with Crippen molar-refractivity contribution in [3.63, 3.8) is 0 Å². The van der Waals surface area contributed by atoms with Gasteiger partial charge in [-0.3, -0.25) is 19.3 Å². The van der Waals surface area contributed by atoms with E-state index in [2.05, 4.69) is 5.32 Å². The van der Waals surface area contributed by atoms with E-state index >= 15 is 0 Å². The number of likely N-dealkylation sites (tertiary alicyclic amines) is 1. The second kappa shape index (κ2) is 7.25. The molecule has 2 saturated heterocycles. The van der Waals surface area contributed by atoms with Crippen LogP contribution in [0.4, 0.5) is 0 Å².